The Bertz CT molecular complexity index is 1490. The summed E-state index contributed by atoms with van der Waals surface area (Å²) >= 11 is 6.66. The van der Waals surface area contributed by atoms with Crippen LogP contribution in [0.5, 0.6) is 11.5 Å². The van der Waals surface area contributed by atoms with Crippen LogP contribution in [0.3, 0.4) is 0 Å². The highest BCUT2D eigenvalue weighted by molar-refractivity contribution is 6.35. The average molecular weight is 601 g/mol. The van der Waals surface area contributed by atoms with Gasteiger partial charge in [0.1, 0.15) is 17.1 Å². The number of benzene rings is 1. The summed E-state index contributed by atoms with van der Waals surface area (Å²) in [4.78, 5) is 39.0. The van der Waals surface area contributed by atoms with E-state index in [0.717, 1.165) is 0 Å². The molecule has 226 valence electrons. The van der Waals surface area contributed by atoms with E-state index < -0.39 is 0 Å². The largest absolute Gasteiger partial charge is 0.497 e. The van der Waals surface area contributed by atoms with Crippen molar-refractivity contribution in [3.63, 3.8) is 0 Å². The Kier molecular flexibility index (Phi) is 10.7. The number of fused-ring (bicyclic) bond motifs is 1. The van der Waals surface area contributed by atoms with Gasteiger partial charge in [0.05, 0.1) is 45.1 Å². The van der Waals surface area contributed by atoms with Crippen molar-refractivity contribution >= 4 is 34.5 Å². The second kappa shape index (κ2) is 14.5. The number of pyridine rings is 1. The van der Waals surface area contributed by atoms with Crippen molar-refractivity contribution < 1.29 is 23.7 Å². The van der Waals surface area contributed by atoms with Gasteiger partial charge >= 0.3 is 0 Å². The Morgan fingerprint density at radius 2 is 1.93 bits per heavy atom. The molecule has 1 aromatic carbocycles. The molecule has 1 aliphatic rings. The van der Waals surface area contributed by atoms with Crippen LogP contribution in [0, 0.1) is 0 Å². The molecule has 0 unspecified atom stereocenters. The third kappa shape index (κ3) is 7.37. The highest BCUT2D eigenvalue weighted by Crippen LogP contribution is 2.38. The van der Waals surface area contributed by atoms with Crippen LogP contribution < -0.4 is 20.3 Å². The molecule has 1 amide bonds. The van der Waals surface area contributed by atoms with Gasteiger partial charge in [-0.1, -0.05) is 17.7 Å². The molecule has 2 aromatic heterocycles. The smallest absolute Gasteiger partial charge is 0.260 e. The number of ether oxygens (including phenoxy) is 4. The Morgan fingerprint density at radius 3 is 2.62 bits per heavy atom. The van der Waals surface area contributed by atoms with Gasteiger partial charge < -0.3 is 34.1 Å². The number of amides is 1. The third-order valence-corrected chi connectivity index (χ3v) is 7.12. The van der Waals surface area contributed by atoms with Gasteiger partial charge in [0.2, 0.25) is 11.9 Å². The first kappa shape index (κ1) is 31.2. The molecule has 3 aromatic rings. The summed E-state index contributed by atoms with van der Waals surface area (Å²) in [5, 5.41) is 4.04. The fourth-order valence-electron chi connectivity index (χ4n) is 4.45. The molecule has 13 heteroatoms. The van der Waals surface area contributed by atoms with E-state index in [9.17, 15) is 9.59 Å². The number of rotatable bonds is 14. The standard InChI is InChI=1S/C29H37ClN6O6/c1-34(2)9-6-7-25(37)35-17-21(18-35)42-12-10-36-27-19(16-32-29(33-27)31-8-11-39-3)13-23(28(36)38)22-14-20(40-4)15-24(41-5)26(22)30/h6-7,13-16,21H,8-12,17-18H2,1-5H3,(H,31,32,33)/b7-6+. The van der Waals surface area contributed by atoms with Gasteiger partial charge in [-0.25, -0.2) is 4.98 Å². The summed E-state index contributed by atoms with van der Waals surface area (Å²) < 4.78 is 23.5. The second-order valence-corrected chi connectivity index (χ2v) is 10.4. The van der Waals surface area contributed by atoms with E-state index in [1.54, 1.807) is 47.0 Å². The van der Waals surface area contributed by atoms with Crippen LogP contribution in [0.25, 0.3) is 22.2 Å². The average Bonchev–Trinajstić information content (AvgIpc) is 2.95. The maximum atomic E-state index is 14.0. The van der Waals surface area contributed by atoms with E-state index in [-0.39, 0.29) is 35.7 Å². The van der Waals surface area contributed by atoms with E-state index >= 15 is 0 Å². The number of halogens is 1. The minimum Gasteiger partial charge on any atom is -0.497 e. The topological polar surface area (TPSA) is 120 Å². The van der Waals surface area contributed by atoms with Gasteiger partial charge in [0, 0.05) is 68.1 Å². The van der Waals surface area contributed by atoms with Gasteiger partial charge in [-0.15, -0.1) is 0 Å². The highest BCUT2D eigenvalue weighted by atomic mass is 35.5. The molecule has 12 nitrogen and oxygen atoms in total. The molecule has 1 fully saturated rings. The number of likely N-dealkylation sites (tertiary alicyclic amines) is 1. The van der Waals surface area contributed by atoms with E-state index in [1.807, 2.05) is 25.1 Å². The molecule has 3 heterocycles. The number of carbonyl (C=O) groups is 1. The Balaban J connectivity index is 1.59. The van der Waals surface area contributed by atoms with Crippen molar-refractivity contribution in [2.24, 2.45) is 0 Å². The summed E-state index contributed by atoms with van der Waals surface area (Å²) in [6.45, 7) is 3.14. The Labute approximate surface area is 249 Å². The number of anilines is 1. The number of hydrogen-bond acceptors (Lipinski definition) is 10. The van der Waals surface area contributed by atoms with Gasteiger partial charge in [-0.2, -0.15) is 4.98 Å². The normalized spacial score (nSPS) is 13.6. The van der Waals surface area contributed by atoms with Gasteiger partial charge in [0.15, 0.2) is 0 Å². The zero-order valence-electron chi connectivity index (χ0n) is 24.6. The first-order valence-corrected chi connectivity index (χ1v) is 13.9. The van der Waals surface area contributed by atoms with Crippen molar-refractivity contribution in [2.45, 2.75) is 12.6 Å². The molecule has 0 spiro atoms. The fraction of sp³-hybridized carbons (Fsp3) is 0.448. The molecule has 1 aliphatic heterocycles. The van der Waals surface area contributed by atoms with Crippen LogP contribution in [-0.2, 0) is 20.8 Å². The molecular formula is C29H37ClN6O6. The van der Waals surface area contributed by atoms with Crippen LogP contribution in [0.4, 0.5) is 5.95 Å². The number of carbonyl (C=O) groups excluding carboxylic acids is 1. The maximum Gasteiger partial charge on any atom is 0.260 e. The number of nitrogens with zero attached hydrogens (tertiary/aromatic N) is 5. The third-order valence-electron chi connectivity index (χ3n) is 6.73. The first-order chi connectivity index (χ1) is 20.2. The molecular weight excluding hydrogens is 564 g/mol. The number of hydrogen-bond donors (Lipinski definition) is 1. The predicted octanol–water partition coefficient (Wildman–Crippen LogP) is 2.53. The predicted molar refractivity (Wildman–Crippen MR) is 162 cm³/mol. The van der Waals surface area contributed by atoms with Crippen LogP contribution in [0.1, 0.15) is 0 Å². The minimum atomic E-state index is -0.304. The Hall–Kier alpha value is -3.71. The van der Waals surface area contributed by atoms with Gasteiger partial charge in [-0.05, 0) is 26.2 Å². The van der Waals surface area contributed by atoms with Crippen LogP contribution in [0.2, 0.25) is 5.02 Å². The molecule has 1 N–H and O–H groups in total. The second-order valence-electron chi connectivity index (χ2n) is 10.00. The lowest BCUT2D eigenvalue weighted by Gasteiger charge is -2.38. The molecule has 42 heavy (non-hydrogen) atoms. The lowest BCUT2D eigenvalue weighted by Crippen LogP contribution is -2.54. The van der Waals surface area contributed by atoms with Crippen molar-refractivity contribution in [3.05, 3.63) is 51.9 Å². The van der Waals surface area contributed by atoms with E-state index in [4.69, 9.17) is 30.5 Å². The van der Waals surface area contributed by atoms with Crippen molar-refractivity contribution in [1.29, 1.82) is 0 Å². The first-order valence-electron chi connectivity index (χ1n) is 13.5. The lowest BCUT2D eigenvalue weighted by atomic mass is 10.0. The summed E-state index contributed by atoms with van der Waals surface area (Å²) in [5.74, 6) is 1.21. The number of nitrogens with one attached hydrogen (secondary N) is 1. The molecule has 0 radical (unpaired) electrons. The highest BCUT2D eigenvalue weighted by Gasteiger charge is 2.30. The summed E-state index contributed by atoms with van der Waals surface area (Å²) in [7, 11) is 8.53. The van der Waals surface area contributed by atoms with E-state index in [1.165, 1.54) is 14.2 Å². The van der Waals surface area contributed by atoms with Gasteiger partial charge in [0.25, 0.3) is 5.56 Å². The number of likely N-dealkylation sites (N-methyl/N-ethyl adjacent to an activating group) is 1. The quantitative estimate of drug-likeness (QED) is 0.218. The SMILES string of the molecule is COCCNc1ncc2cc(-c3cc(OC)cc(OC)c3Cl)c(=O)n(CCOC3CN(C(=O)/C=C/CN(C)C)C3)c2n1. The summed E-state index contributed by atoms with van der Waals surface area (Å²) in [6.07, 6.45) is 4.97. The molecule has 0 aliphatic carbocycles. The van der Waals surface area contributed by atoms with E-state index in [0.29, 0.717) is 72.4 Å². The van der Waals surface area contributed by atoms with E-state index in [2.05, 4.69) is 15.3 Å². The van der Waals surface area contributed by atoms with Crippen LogP contribution in [-0.4, -0.2) is 111 Å². The van der Waals surface area contributed by atoms with Crippen molar-refractivity contribution in [2.75, 3.05) is 80.1 Å². The summed E-state index contributed by atoms with van der Waals surface area (Å²) in [6, 6.07) is 5.07. The van der Waals surface area contributed by atoms with Gasteiger partial charge in [-0.3, -0.25) is 14.2 Å². The van der Waals surface area contributed by atoms with Crippen LogP contribution >= 0.6 is 11.6 Å². The molecule has 0 bridgehead atoms. The minimum absolute atomic E-state index is 0.0394. The summed E-state index contributed by atoms with van der Waals surface area (Å²) in [5.41, 5.74) is 0.955. The molecule has 0 atom stereocenters. The number of aromatic nitrogens is 3. The number of methoxy groups -OCH3 is 3. The molecule has 1 saturated heterocycles. The zero-order chi connectivity index (χ0) is 30.2. The zero-order valence-corrected chi connectivity index (χ0v) is 25.3. The van der Waals surface area contributed by atoms with Crippen molar-refractivity contribution in [3.8, 4) is 22.6 Å². The molecule has 4 rings (SSSR count). The lowest BCUT2D eigenvalue weighted by molar-refractivity contribution is -0.139. The Morgan fingerprint density at radius 1 is 1.14 bits per heavy atom. The monoisotopic (exact) mass is 600 g/mol. The fourth-order valence-corrected chi connectivity index (χ4v) is 4.74. The molecule has 0 saturated carbocycles. The maximum absolute atomic E-state index is 14.0. The van der Waals surface area contributed by atoms with Crippen LogP contribution in [0.15, 0.2) is 41.3 Å². The van der Waals surface area contributed by atoms with Crippen molar-refractivity contribution in [1.82, 2.24) is 24.3 Å².